The Morgan fingerprint density at radius 3 is 2.90 bits per heavy atom. The molecule has 1 aliphatic carbocycles. The highest BCUT2D eigenvalue weighted by atomic mass is 35.5. The lowest BCUT2D eigenvalue weighted by Gasteiger charge is -2.16. The summed E-state index contributed by atoms with van der Waals surface area (Å²) in [6.45, 7) is 5.90. The van der Waals surface area contributed by atoms with Crippen molar-refractivity contribution in [3.05, 3.63) is 22.8 Å². The van der Waals surface area contributed by atoms with Crippen LogP contribution in [0.1, 0.15) is 49.9 Å². The van der Waals surface area contributed by atoms with Crippen LogP contribution in [-0.2, 0) is 0 Å². The Hall–Kier alpha value is -1.29. The van der Waals surface area contributed by atoms with E-state index < -0.39 is 0 Å². The zero-order valence-corrected chi connectivity index (χ0v) is 13.5. The second-order valence-electron chi connectivity index (χ2n) is 5.87. The summed E-state index contributed by atoms with van der Waals surface area (Å²) < 4.78 is 0. The predicted molar refractivity (Wildman–Crippen MR) is 86.9 cm³/mol. The molecule has 1 fully saturated rings. The first-order chi connectivity index (χ1) is 10.1. The smallest absolute Gasteiger partial charge is 0.251 e. The minimum Gasteiger partial charge on any atom is -0.370 e. The standard InChI is InChI=1S/C16H24ClN3O/c1-3-7-18-15-9-13(8-14(17)20-15)16(21)19-10-12-6-4-5-11(12)2/h8-9,11-12H,3-7,10H2,1-2H3,(H,18,20)(H,19,21). The second kappa shape index (κ2) is 7.64. The number of hydrogen-bond acceptors (Lipinski definition) is 3. The van der Waals surface area contributed by atoms with Crippen molar-refractivity contribution >= 4 is 23.3 Å². The number of pyridine rings is 1. The van der Waals surface area contributed by atoms with Crippen LogP contribution < -0.4 is 10.6 Å². The van der Waals surface area contributed by atoms with Gasteiger partial charge in [0.15, 0.2) is 0 Å². The number of aromatic nitrogens is 1. The molecule has 1 aromatic heterocycles. The van der Waals surface area contributed by atoms with Crippen molar-refractivity contribution < 1.29 is 4.79 Å². The van der Waals surface area contributed by atoms with Gasteiger partial charge >= 0.3 is 0 Å². The van der Waals surface area contributed by atoms with E-state index in [2.05, 4.69) is 29.5 Å². The molecule has 1 aromatic rings. The lowest BCUT2D eigenvalue weighted by atomic mass is 9.98. The molecule has 4 nitrogen and oxygen atoms in total. The Kier molecular flexibility index (Phi) is 5.85. The van der Waals surface area contributed by atoms with Gasteiger partial charge in [-0.2, -0.15) is 0 Å². The monoisotopic (exact) mass is 309 g/mol. The summed E-state index contributed by atoms with van der Waals surface area (Å²) in [7, 11) is 0. The summed E-state index contributed by atoms with van der Waals surface area (Å²) in [5.41, 5.74) is 0.569. The number of anilines is 1. The molecule has 2 N–H and O–H groups in total. The van der Waals surface area contributed by atoms with Gasteiger partial charge in [0, 0.05) is 18.7 Å². The molecule has 116 valence electrons. The van der Waals surface area contributed by atoms with Crippen LogP contribution in [0.25, 0.3) is 0 Å². The van der Waals surface area contributed by atoms with Crippen molar-refractivity contribution in [2.24, 2.45) is 11.8 Å². The molecule has 0 saturated heterocycles. The topological polar surface area (TPSA) is 54.0 Å². The van der Waals surface area contributed by atoms with E-state index in [1.807, 2.05) is 0 Å². The van der Waals surface area contributed by atoms with Gasteiger partial charge in [0.05, 0.1) is 0 Å². The summed E-state index contributed by atoms with van der Waals surface area (Å²) >= 11 is 5.99. The maximum atomic E-state index is 12.3. The SMILES string of the molecule is CCCNc1cc(C(=O)NCC2CCCC2C)cc(Cl)n1. The molecule has 2 rings (SSSR count). The molecule has 5 heteroatoms. The average molecular weight is 310 g/mol. The van der Waals surface area contributed by atoms with E-state index in [9.17, 15) is 4.79 Å². The maximum Gasteiger partial charge on any atom is 0.251 e. The molecule has 0 aliphatic heterocycles. The number of amides is 1. The third-order valence-electron chi connectivity index (χ3n) is 4.18. The molecule has 21 heavy (non-hydrogen) atoms. The Bertz CT molecular complexity index is 492. The number of nitrogens with one attached hydrogen (secondary N) is 2. The van der Waals surface area contributed by atoms with Crippen molar-refractivity contribution in [1.82, 2.24) is 10.3 Å². The van der Waals surface area contributed by atoms with Crippen molar-refractivity contribution in [2.45, 2.75) is 39.5 Å². The van der Waals surface area contributed by atoms with Gasteiger partial charge in [0.25, 0.3) is 5.91 Å². The van der Waals surface area contributed by atoms with Crippen LogP contribution in [0.3, 0.4) is 0 Å². The van der Waals surface area contributed by atoms with Crippen LogP contribution in [0.15, 0.2) is 12.1 Å². The van der Waals surface area contributed by atoms with Gasteiger partial charge in [-0.1, -0.05) is 38.3 Å². The van der Waals surface area contributed by atoms with Crippen LogP contribution in [-0.4, -0.2) is 24.0 Å². The van der Waals surface area contributed by atoms with Gasteiger partial charge in [-0.25, -0.2) is 4.98 Å². The van der Waals surface area contributed by atoms with Gasteiger partial charge in [0.2, 0.25) is 0 Å². The Balaban J connectivity index is 1.96. The van der Waals surface area contributed by atoms with Crippen LogP contribution in [0, 0.1) is 11.8 Å². The normalized spacial score (nSPS) is 21.3. The highest BCUT2D eigenvalue weighted by Crippen LogP contribution is 2.30. The van der Waals surface area contributed by atoms with Crippen molar-refractivity contribution in [1.29, 1.82) is 0 Å². The van der Waals surface area contributed by atoms with Crippen LogP contribution in [0.2, 0.25) is 5.15 Å². The van der Waals surface area contributed by atoms with Crippen molar-refractivity contribution in [3.8, 4) is 0 Å². The van der Waals surface area contributed by atoms with Gasteiger partial charge in [0.1, 0.15) is 11.0 Å². The maximum absolute atomic E-state index is 12.3. The number of nitrogens with zero attached hydrogens (tertiary/aromatic N) is 1. The lowest BCUT2D eigenvalue weighted by molar-refractivity contribution is 0.0944. The third-order valence-corrected chi connectivity index (χ3v) is 4.37. The van der Waals surface area contributed by atoms with Gasteiger partial charge < -0.3 is 10.6 Å². The average Bonchev–Trinajstić information content (AvgIpc) is 2.87. The third kappa shape index (κ3) is 4.60. The number of rotatable bonds is 6. The Morgan fingerprint density at radius 2 is 2.24 bits per heavy atom. The first-order valence-electron chi connectivity index (χ1n) is 7.79. The molecule has 1 heterocycles. The fraction of sp³-hybridized carbons (Fsp3) is 0.625. The van der Waals surface area contributed by atoms with E-state index >= 15 is 0 Å². The Morgan fingerprint density at radius 1 is 1.43 bits per heavy atom. The molecule has 2 atom stereocenters. The molecule has 0 radical (unpaired) electrons. The number of carbonyl (C=O) groups excluding carboxylic acids is 1. The molecule has 1 aliphatic rings. The first-order valence-corrected chi connectivity index (χ1v) is 8.17. The zero-order valence-electron chi connectivity index (χ0n) is 12.8. The molecule has 0 aromatic carbocycles. The quantitative estimate of drug-likeness (QED) is 0.787. The van der Waals surface area contributed by atoms with E-state index in [-0.39, 0.29) is 5.91 Å². The van der Waals surface area contributed by atoms with Crippen LogP contribution in [0.5, 0.6) is 0 Å². The minimum atomic E-state index is -0.0713. The molecular weight excluding hydrogens is 286 g/mol. The summed E-state index contributed by atoms with van der Waals surface area (Å²) in [6.07, 6.45) is 4.75. The van der Waals surface area contributed by atoms with E-state index in [0.717, 1.165) is 19.5 Å². The molecule has 1 amide bonds. The minimum absolute atomic E-state index is 0.0713. The second-order valence-corrected chi connectivity index (χ2v) is 6.26. The highest BCUT2D eigenvalue weighted by molar-refractivity contribution is 6.29. The lowest BCUT2D eigenvalue weighted by Crippen LogP contribution is -2.30. The molecule has 0 bridgehead atoms. The largest absolute Gasteiger partial charge is 0.370 e. The molecular formula is C16H24ClN3O. The van der Waals surface area contributed by atoms with Gasteiger partial charge in [-0.05, 0) is 36.8 Å². The number of carbonyl (C=O) groups is 1. The van der Waals surface area contributed by atoms with E-state index in [4.69, 9.17) is 11.6 Å². The highest BCUT2D eigenvalue weighted by Gasteiger charge is 2.23. The zero-order chi connectivity index (χ0) is 15.2. The number of halogens is 1. The summed E-state index contributed by atoms with van der Waals surface area (Å²) in [5.74, 6) is 1.89. The molecule has 0 spiro atoms. The van der Waals surface area contributed by atoms with Crippen LogP contribution in [0.4, 0.5) is 5.82 Å². The summed E-state index contributed by atoms with van der Waals surface area (Å²) in [6, 6.07) is 3.38. The van der Waals surface area contributed by atoms with E-state index in [1.165, 1.54) is 19.3 Å². The summed E-state index contributed by atoms with van der Waals surface area (Å²) in [4.78, 5) is 16.4. The van der Waals surface area contributed by atoms with E-state index in [1.54, 1.807) is 12.1 Å². The summed E-state index contributed by atoms with van der Waals surface area (Å²) in [5, 5.41) is 6.53. The fourth-order valence-corrected chi connectivity index (χ4v) is 3.03. The predicted octanol–water partition coefficient (Wildman–Crippen LogP) is 3.72. The number of hydrogen-bond donors (Lipinski definition) is 2. The van der Waals surface area contributed by atoms with Gasteiger partial charge in [-0.3, -0.25) is 4.79 Å². The molecule has 2 unspecified atom stereocenters. The van der Waals surface area contributed by atoms with Gasteiger partial charge in [-0.15, -0.1) is 0 Å². The Labute approximate surface area is 131 Å². The fourth-order valence-electron chi connectivity index (χ4n) is 2.82. The molecule has 1 saturated carbocycles. The van der Waals surface area contributed by atoms with E-state index in [0.29, 0.717) is 28.4 Å². The van der Waals surface area contributed by atoms with Crippen LogP contribution >= 0.6 is 11.6 Å². The van der Waals surface area contributed by atoms with Crippen molar-refractivity contribution in [3.63, 3.8) is 0 Å². The first kappa shape index (κ1) is 16.1. The van der Waals surface area contributed by atoms with Crippen molar-refractivity contribution in [2.75, 3.05) is 18.4 Å².